The molecule has 92 valence electrons. The summed E-state index contributed by atoms with van der Waals surface area (Å²) in [5, 5.41) is 0.915. The van der Waals surface area contributed by atoms with E-state index in [4.69, 9.17) is 23.2 Å². The zero-order valence-electron chi connectivity index (χ0n) is 9.78. The maximum Gasteiger partial charge on any atom is 0.170 e. The summed E-state index contributed by atoms with van der Waals surface area (Å²) in [6, 6.07) is 8.64. The van der Waals surface area contributed by atoms with Crippen molar-refractivity contribution in [1.82, 2.24) is 4.98 Å². The molecule has 0 aliphatic rings. The molecule has 0 radical (unpaired) electrons. The maximum atomic E-state index is 12.2. The van der Waals surface area contributed by atoms with Crippen LogP contribution >= 0.6 is 23.2 Å². The number of aromatic nitrogens is 1. The zero-order valence-corrected chi connectivity index (χ0v) is 11.3. The summed E-state index contributed by atoms with van der Waals surface area (Å²) >= 11 is 11.9. The minimum absolute atomic E-state index is 0.0794. The van der Waals surface area contributed by atoms with Crippen LogP contribution in [0.2, 0.25) is 10.0 Å². The summed E-state index contributed by atoms with van der Waals surface area (Å²) in [5.74, 6) is -0.0794. The molecule has 1 aromatic heterocycles. The van der Waals surface area contributed by atoms with E-state index < -0.39 is 0 Å². The third-order valence-corrected chi connectivity index (χ3v) is 3.24. The van der Waals surface area contributed by atoms with Gasteiger partial charge in [-0.25, -0.2) is 0 Å². The van der Waals surface area contributed by atoms with Gasteiger partial charge in [0.05, 0.1) is 17.1 Å². The van der Waals surface area contributed by atoms with Crippen LogP contribution in [0.1, 0.15) is 21.6 Å². The summed E-state index contributed by atoms with van der Waals surface area (Å²) in [4.78, 5) is 16.4. The molecule has 2 aromatic rings. The molecular formula is C14H11Cl2NO. The second-order valence-corrected chi connectivity index (χ2v) is 4.83. The van der Waals surface area contributed by atoms with Gasteiger partial charge in [-0.3, -0.25) is 9.78 Å². The van der Waals surface area contributed by atoms with Gasteiger partial charge in [0.2, 0.25) is 0 Å². The molecule has 0 fully saturated rings. The van der Waals surface area contributed by atoms with E-state index in [1.54, 1.807) is 24.4 Å². The number of Topliss-reactive ketones (excluding diaryl/α,β-unsaturated/α-hetero) is 1. The Balaban J connectivity index is 2.28. The molecule has 0 amide bonds. The van der Waals surface area contributed by atoms with E-state index in [9.17, 15) is 4.79 Å². The van der Waals surface area contributed by atoms with E-state index in [1.807, 2.05) is 19.1 Å². The number of aryl methyl sites for hydroxylation is 1. The van der Waals surface area contributed by atoms with Gasteiger partial charge in [-0.15, -0.1) is 0 Å². The lowest BCUT2D eigenvalue weighted by Crippen LogP contribution is -2.07. The Kier molecular flexibility index (Phi) is 4.00. The third kappa shape index (κ3) is 2.89. The van der Waals surface area contributed by atoms with E-state index in [0.29, 0.717) is 15.6 Å². The average Bonchev–Trinajstić information content (AvgIpc) is 2.35. The van der Waals surface area contributed by atoms with Crippen molar-refractivity contribution in [3.63, 3.8) is 0 Å². The second kappa shape index (κ2) is 5.51. The summed E-state index contributed by atoms with van der Waals surface area (Å²) in [6.07, 6.45) is 1.90. The van der Waals surface area contributed by atoms with Gasteiger partial charge in [0.1, 0.15) is 0 Å². The fourth-order valence-electron chi connectivity index (χ4n) is 1.66. The minimum Gasteiger partial charge on any atom is -0.294 e. The summed E-state index contributed by atoms with van der Waals surface area (Å²) in [5.41, 5.74) is 2.19. The number of rotatable bonds is 3. The fourth-order valence-corrected chi connectivity index (χ4v) is 2.06. The number of carbonyl (C=O) groups is 1. The average molecular weight is 280 g/mol. The lowest BCUT2D eigenvalue weighted by atomic mass is 10.0. The van der Waals surface area contributed by atoms with Crippen LogP contribution in [0.15, 0.2) is 36.5 Å². The number of benzene rings is 1. The van der Waals surface area contributed by atoms with Crippen molar-refractivity contribution >= 4 is 29.0 Å². The normalized spacial score (nSPS) is 10.4. The molecule has 1 heterocycles. The first-order valence-electron chi connectivity index (χ1n) is 5.46. The number of hydrogen-bond donors (Lipinski definition) is 0. The monoisotopic (exact) mass is 279 g/mol. The van der Waals surface area contributed by atoms with Crippen molar-refractivity contribution in [2.24, 2.45) is 0 Å². The maximum absolute atomic E-state index is 12.2. The Labute approximate surface area is 116 Å². The molecule has 1 aromatic carbocycles. The van der Waals surface area contributed by atoms with Gasteiger partial charge in [-0.05, 0) is 36.8 Å². The summed E-state index contributed by atoms with van der Waals surface area (Å²) < 4.78 is 0. The third-order valence-electron chi connectivity index (χ3n) is 2.67. The van der Waals surface area contributed by atoms with Crippen LogP contribution in [0.25, 0.3) is 0 Å². The van der Waals surface area contributed by atoms with E-state index in [-0.39, 0.29) is 12.2 Å². The van der Waals surface area contributed by atoms with Gasteiger partial charge in [0, 0.05) is 16.8 Å². The second-order valence-electron chi connectivity index (χ2n) is 3.99. The Morgan fingerprint density at radius 2 is 2.06 bits per heavy atom. The van der Waals surface area contributed by atoms with E-state index >= 15 is 0 Å². The molecule has 0 saturated heterocycles. The van der Waals surface area contributed by atoms with Gasteiger partial charge in [-0.2, -0.15) is 0 Å². The van der Waals surface area contributed by atoms with Crippen LogP contribution in [0.4, 0.5) is 0 Å². The van der Waals surface area contributed by atoms with Crippen molar-refractivity contribution in [1.29, 1.82) is 0 Å². The van der Waals surface area contributed by atoms with Gasteiger partial charge < -0.3 is 0 Å². The number of ketones is 1. The molecule has 0 saturated carbocycles. The molecule has 4 heteroatoms. The molecule has 0 N–H and O–H groups in total. The molecule has 0 aliphatic carbocycles. The van der Waals surface area contributed by atoms with E-state index in [2.05, 4.69) is 4.98 Å². The first-order chi connectivity index (χ1) is 8.58. The van der Waals surface area contributed by atoms with Crippen LogP contribution in [-0.4, -0.2) is 10.8 Å². The molecule has 2 rings (SSSR count). The molecule has 2 nitrogen and oxygen atoms in total. The highest BCUT2D eigenvalue weighted by molar-refractivity contribution is 6.35. The SMILES string of the molecule is Cc1cccnc1CC(=O)c1cc(Cl)ccc1Cl. The predicted octanol–water partition coefficient (Wildman–Crippen LogP) is 4.12. The first-order valence-corrected chi connectivity index (χ1v) is 6.22. The van der Waals surface area contributed by atoms with Crippen molar-refractivity contribution < 1.29 is 4.79 Å². The Morgan fingerprint density at radius 3 is 2.78 bits per heavy atom. The Bertz CT molecular complexity index is 596. The molecule has 0 bridgehead atoms. The molecule has 18 heavy (non-hydrogen) atoms. The van der Waals surface area contributed by atoms with Gasteiger partial charge in [0.15, 0.2) is 5.78 Å². The topological polar surface area (TPSA) is 30.0 Å². The van der Waals surface area contributed by atoms with Gasteiger partial charge in [-0.1, -0.05) is 29.3 Å². The Hall–Kier alpha value is -1.38. The zero-order chi connectivity index (χ0) is 13.1. The number of halogens is 2. The van der Waals surface area contributed by atoms with Crippen molar-refractivity contribution in [3.05, 3.63) is 63.4 Å². The molecule has 0 spiro atoms. The molecule has 0 atom stereocenters. The van der Waals surface area contributed by atoms with Gasteiger partial charge >= 0.3 is 0 Å². The van der Waals surface area contributed by atoms with Crippen LogP contribution in [-0.2, 0) is 6.42 Å². The molecule has 0 unspecified atom stereocenters. The van der Waals surface area contributed by atoms with E-state index in [0.717, 1.165) is 11.3 Å². The predicted molar refractivity (Wildman–Crippen MR) is 73.5 cm³/mol. The van der Waals surface area contributed by atoms with E-state index in [1.165, 1.54) is 0 Å². The minimum atomic E-state index is -0.0794. The Morgan fingerprint density at radius 1 is 1.28 bits per heavy atom. The van der Waals surface area contributed by atoms with Crippen molar-refractivity contribution in [2.75, 3.05) is 0 Å². The fraction of sp³-hybridized carbons (Fsp3) is 0.143. The quantitative estimate of drug-likeness (QED) is 0.791. The number of nitrogens with zero attached hydrogens (tertiary/aromatic N) is 1. The van der Waals surface area contributed by atoms with Crippen molar-refractivity contribution in [2.45, 2.75) is 13.3 Å². The van der Waals surface area contributed by atoms with Crippen LogP contribution in [0, 0.1) is 6.92 Å². The highest BCUT2D eigenvalue weighted by atomic mass is 35.5. The number of hydrogen-bond acceptors (Lipinski definition) is 2. The summed E-state index contributed by atoms with van der Waals surface area (Å²) in [7, 11) is 0. The first kappa shape index (κ1) is 13.1. The highest BCUT2D eigenvalue weighted by Crippen LogP contribution is 2.22. The molecular weight excluding hydrogens is 269 g/mol. The lowest BCUT2D eigenvalue weighted by Gasteiger charge is -2.06. The standard InChI is InChI=1S/C14H11Cl2NO/c1-9-3-2-6-17-13(9)8-14(18)11-7-10(15)4-5-12(11)16/h2-7H,8H2,1H3. The van der Waals surface area contributed by atoms with Gasteiger partial charge in [0.25, 0.3) is 0 Å². The summed E-state index contributed by atoms with van der Waals surface area (Å²) in [6.45, 7) is 1.93. The number of pyridine rings is 1. The number of carbonyl (C=O) groups excluding carboxylic acids is 1. The highest BCUT2D eigenvalue weighted by Gasteiger charge is 2.13. The molecule has 0 aliphatic heterocycles. The smallest absolute Gasteiger partial charge is 0.170 e. The van der Waals surface area contributed by atoms with Crippen LogP contribution in [0.5, 0.6) is 0 Å². The largest absolute Gasteiger partial charge is 0.294 e. The lowest BCUT2D eigenvalue weighted by molar-refractivity contribution is 0.0992. The van der Waals surface area contributed by atoms with Crippen molar-refractivity contribution in [3.8, 4) is 0 Å². The van der Waals surface area contributed by atoms with Crippen LogP contribution < -0.4 is 0 Å². The van der Waals surface area contributed by atoms with Crippen LogP contribution in [0.3, 0.4) is 0 Å².